The molecular formula is C50H32N6. The van der Waals surface area contributed by atoms with Crippen LogP contribution in [0.2, 0.25) is 0 Å². The number of rotatable bonds is 6. The maximum Gasteiger partial charge on any atom is 0.182 e. The molecule has 6 heteroatoms. The van der Waals surface area contributed by atoms with Crippen LogP contribution in [0.5, 0.6) is 0 Å². The fraction of sp³-hybridized carbons (Fsp3) is 0. The molecule has 11 rings (SSSR count). The Morgan fingerprint density at radius 3 is 1.45 bits per heavy atom. The maximum atomic E-state index is 5.15. The molecule has 0 saturated heterocycles. The minimum Gasteiger partial charge on any atom is -0.307 e. The van der Waals surface area contributed by atoms with E-state index in [2.05, 4.69) is 154 Å². The van der Waals surface area contributed by atoms with Gasteiger partial charge in [-0.25, -0.2) is 15.0 Å². The third kappa shape index (κ3) is 5.19. The summed E-state index contributed by atoms with van der Waals surface area (Å²) in [6.45, 7) is 0. The predicted octanol–water partition coefficient (Wildman–Crippen LogP) is 12.1. The number of fused-ring (bicyclic) bond motifs is 7. The van der Waals surface area contributed by atoms with E-state index in [0.29, 0.717) is 23.2 Å². The summed E-state index contributed by atoms with van der Waals surface area (Å²) in [5.41, 5.74) is 11.3. The van der Waals surface area contributed by atoms with Crippen molar-refractivity contribution < 1.29 is 0 Å². The van der Waals surface area contributed by atoms with Crippen molar-refractivity contribution in [3.8, 4) is 56.8 Å². The van der Waals surface area contributed by atoms with E-state index in [1.807, 2.05) is 48.5 Å². The highest BCUT2D eigenvalue weighted by atomic mass is 15.1. The van der Waals surface area contributed by atoms with E-state index in [0.717, 1.165) is 55.7 Å². The average molecular weight is 717 g/mol. The Morgan fingerprint density at radius 2 is 0.821 bits per heavy atom. The Kier molecular flexibility index (Phi) is 7.38. The molecular weight excluding hydrogens is 685 g/mol. The molecule has 0 aliphatic carbocycles. The molecule has 0 saturated carbocycles. The van der Waals surface area contributed by atoms with Crippen LogP contribution in [0.1, 0.15) is 0 Å². The summed E-state index contributed by atoms with van der Waals surface area (Å²) in [5, 5.41) is 4.78. The summed E-state index contributed by atoms with van der Waals surface area (Å²) in [7, 11) is 0. The van der Waals surface area contributed by atoms with E-state index >= 15 is 0 Å². The number of para-hydroxylation sites is 3. The first-order valence-electron chi connectivity index (χ1n) is 18.7. The lowest BCUT2D eigenvalue weighted by atomic mass is 10.0. The van der Waals surface area contributed by atoms with Gasteiger partial charge in [0.2, 0.25) is 0 Å². The van der Waals surface area contributed by atoms with Crippen LogP contribution in [0.4, 0.5) is 0 Å². The second-order valence-corrected chi connectivity index (χ2v) is 13.9. The van der Waals surface area contributed by atoms with Crippen molar-refractivity contribution >= 4 is 43.6 Å². The maximum absolute atomic E-state index is 5.15. The minimum absolute atomic E-state index is 0.520. The SMILES string of the molecule is c1ccc(-c2cc(-c3nc(-c4ccccc4)nc(-c4ccccn4)n3)cc(-n3c4ccccc4c4ccc5c6ccccc6n(-c6ccccc6)c5c43)c2)cc1. The van der Waals surface area contributed by atoms with Gasteiger partial charge in [-0.15, -0.1) is 0 Å². The summed E-state index contributed by atoms with van der Waals surface area (Å²) in [5.74, 6) is 1.68. The van der Waals surface area contributed by atoms with E-state index in [-0.39, 0.29) is 0 Å². The number of benzene rings is 7. The number of hydrogen-bond acceptors (Lipinski definition) is 4. The molecule has 0 aliphatic heterocycles. The van der Waals surface area contributed by atoms with Crippen LogP contribution in [0.25, 0.3) is 100 Å². The fourth-order valence-electron chi connectivity index (χ4n) is 8.11. The topological polar surface area (TPSA) is 61.4 Å². The molecule has 0 spiro atoms. The van der Waals surface area contributed by atoms with Crippen LogP contribution in [-0.2, 0) is 0 Å². The quantitative estimate of drug-likeness (QED) is 0.172. The minimum atomic E-state index is 0.520. The molecule has 56 heavy (non-hydrogen) atoms. The molecule has 0 aliphatic rings. The van der Waals surface area contributed by atoms with Crippen LogP contribution in [0.3, 0.4) is 0 Å². The molecule has 262 valence electrons. The first-order valence-corrected chi connectivity index (χ1v) is 18.7. The lowest BCUT2D eigenvalue weighted by Gasteiger charge is -2.15. The van der Waals surface area contributed by atoms with Gasteiger partial charge in [-0.3, -0.25) is 4.98 Å². The molecule has 0 bridgehead atoms. The Hall–Kier alpha value is -7.70. The second-order valence-electron chi connectivity index (χ2n) is 13.9. The Bertz CT molecular complexity index is 3170. The molecule has 4 heterocycles. The van der Waals surface area contributed by atoms with Gasteiger partial charge in [-0.05, 0) is 65.7 Å². The van der Waals surface area contributed by atoms with Crippen molar-refractivity contribution in [3.63, 3.8) is 0 Å². The third-order valence-corrected chi connectivity index (χ3v) is 10.6. The molecule has 0 N–H and O–H groups in total. The zero-order chi connectivity index (χ0) is 37.0. The summed E-state index contributed by atoms with van der Waals surface area (Å²) in [6, 6.07) is 65.8. The van der Waals surface area contributed by atoms with Crippen LogP contribution in [0, 0.1) is 0 Å². The number of pyridine rings is 1. The molecule has 0 atom stereocenters. The first kappa shape index (κ1) is 31.8. The highest BCUT2D eigenvalue weighted by molar-refractivity contribution is 6.23. The van der Waals surface area contributed by atoms with Crippen molar-refractivity contribution in [1.29, 1.82) is 0 Å². The molecule has 0 fully saturated rings. The van der Waals surface area contributed by atoms with Gasteiger partial charge in [0.15, 0.2) is 17.5 Å². The van der Waals surface area contributed by atoms with Crippen LogP contribution in [0.15, 0.2) is 194 Å². The summed E-state index contributed by atoms with van der Waals surface area (Å²) in [6.07, 6.45) is 1.77. The van der Waals surface area contributed by atoms with Crippen molar-refractivity contribution in [2.24, 2.45) is 0 Å². The van der Waals surface area contributed by atoms with Crippen molar-refractivity contribution in [1.82, 2.24) is 29.1 Å². The lowest BCUT2D eigenvalue weighted by Crippen LogP contribution is -2.03. The molecule has 6 nitrogen and oxygen atoms in total. The molecule has 11 aromatic rings. The Labute approximate surface area is 322 Å². The largest absolute Gasteiger partial charge is 0.307 e. The van der Waals surface area contributed by atoms with Gasteiger partial charge in [0, 0.05) is 50.2 Å². The van der Waals surface area contributed by atoms with Crippen LogP contribution in [-0.4, -0.2) is 29.1 Å². The van der Waals surface area contributed by atoms with Crippen molar-refractivity contribution in [2.75, 3.05) is 0 Å². The zero-order valence-corrected chi connectivity index (χ0v) is 30.2. The molecule has 4 aromatic heterocycles. The van der Waals surface area contributed by atoms with Gasteiger partial charge < -0.3 is 9.13 Å². The monoisotopic (exact) mass is 716 g/mol. The molecule has 0 unspecified atom stereocenters. The molecule has 0 radical (unpaired) electrons. The average Bonchev–Trinajstić information content (AvgIpc) is 3.80. The lowest BCUT2D eigenvalue weighted by molar-refractivity contribution is 1.06. The summed E-state index contributed by atoms with van der Waals surface area (Å²) in [4.78, 5) is 19.8. The van der Waals surface area contributed by atoms with Gasteiger partial charge in [0.05, 0.1) is 22.1 Å². The second kappa shape index (κ2) is 13.0. The Balaban J connectivity index is 1.26. The van der Waals surface area contributed by atoms with E-state index in [1.165, 1.54) is 21.5 Å². The predicted molar refractivity (Wildman–Crippen MR) is 228 cm³/mol. The highest BCUT2D eigenvalue weighted by Crippen LogP contribution is 2.42. The van der Waals surface area contributed by atoms with Gasteiger partial charge >= 0.3 is 0 Å². The highest BCUT2D eigenvalue weighted by Gasteiger charge is 2.22. The van der Waals surface area contributed by atoms with E-state index < -0.39 is 0 Å². The van der Waals surface area contributed by atoms with Crippen LogP contribution >= 0.6 is 0 Å². The zero-order valence-electron chi connectivity index (χ0n) is 30.2. The smallest absolute Gasteiger partial charge is 0.182 e. The number of aromatic nitrogens is 6. The number of nitrogens with zero attached hydrogens (tertiary/aromatic N) is 6. The van der Waals surface area contributed by atoms with Crippen molar-refractivity contribution in [2.45, 2.75) is 0 Å². The van der Waals surface area contributed by atoms with Gasteiger partial charge in [0.1, 0.15) is 5.69 Å². The Morgan fingerprint density at radius 1 is 0.321 bits per heavy atom. The van der Waals surface area contributed by atoms with Gasteiger partial charge in [0.25, 0.3) is 0 Å². The summed E-state index contributed by atoms with van der Waals surface area (Å²) >= 11 is 0. The molecule has 0 amide bonds. The van der Waals surface area contributed by atoms with Gasteiger partial charge in [-0.2, -0.15) is 0 Å². The third-order valence-electron chi connectivity index (χ3n) is 10.6. The van der Waals surface area contributed by atoms with E-state index in [4.69, 9.17) is 15.0 Å². The first-order chi connectivity index (χ1) is 27.8. The number of hydrogen-bond donors (Lipinski definition) is 0. The van der Waals surface area contributed by atoms with Gasteiger partial charge in [-0.1, -0.05) is 133 Å². The standard InChI is InChI=1S/C50H32N6/c1-4-16-33(17-5-1)35-30-36(49-52-48(34-18-6-2-7-19-34)53-50(54-49)43-24-14-15-29-51-43)32-38(31-35)56-45-26-13-11-23-40(45)42-28-27-41-39-22-10-12-25-44(39)55(46(41)47(42)56)37-20-8-3-9-21-37/h1-32H. The van der Waals surface area contributed by atoms with Crippen molar-refractivity contribution in [3.05, 3.63) is 194 Å². The normalized spacial score (nSPS) is 11.6. The fourth-order valence-corrected chi connectivity index (χ4v) is 8.11. The van der Waals surface area contributed by atoms with E-state index in [1.54, 1.807) is 6.20 Å². The van der Waals surface area contributed by atoms with E-state index in [9.17, 15) is 0 Å². The summed E-state index contributed by atoms with van der Waals surface area (Å²) < 4.78 is 4.85. The molecule has 7 aromatic carbocycles. The van der Waals surface area contributed by atoms with Crippen LogP contribution < -0.4 is 0 Å².